The largest absolute Gasteiger partial charge is 0.493 e. The first kappa shape index (κ1) is 18.4. The Bertz CT molecular complexity index is 904. The molecule has 0 radical (unpaired) electrons. The fourth-order valence-corrected chi connectivity index (χ4v) is 2.54. The molecule has 0 bridgehead atoms. The fourth-order valence-electron chi connectivity index (χ4n) is 2.54. The van der Waals surface area contributed by atoms with Crippen molar-refractivity contribution in [1.29, 1.82) is 0 Å². The van der Waals surface area contributed by atoms with Gasteiger partial charge in [0.25, 0.3) is 5.91 Å². The quantitative estimate of drug-likeness (QED) is 0.690. The Hall–Kier alpha value is -3.35. The maximum Gasteiger partial charge on any atom is 0.253 e. The predicted molar refractivity (Wildman–Crippen MR) is 103 cm³/mol. The number of benzene rings is 2. The van der Waals surface area contributed by atoms with E-state index in [-0.39, 0.29) is 5.91 Å². The first-order valence-corrected chi connectivity index (χ1v) is 8.69. The van der Waals surface area contributed by atoms with Crippen LogP contribution >= 0.6 is 0 Å². The van der Waals surface area contributed by atoms with Crippen molar-refractivity contribution >= 4 is 11.6 Å². The number of rotatable bonds is 7. The minimum atomic E-state index is -0.0314. The summed E-state index contributed by atoms with van der Waals surface area (Å²) in [4.78, 5) is 17.9. The third-order valence-corrected chi connectivity index (χ3v) is 3.88. The smallest absolute Gasteiger partial charge is 0.253 e. The lowest BCUT2D eigenvalue weighted by Gasteiger charge is -2.10. The molecular weight excluding hydrogens is 344 g/mol. The molecule has 0 aliphatic rings. The van der Waals surface area contributed by atoms with Crippen molar-refractivity contribution in [3.8, 4) is 17.1 Å². The molecular formula is C20H22N4O3. The Balaban J connectivity index is 1.66. The molecule has 1 heterocycles. The van der Waals surface area contributed by atoms with Gasteiger partial charge in [0.1, 0.15) is 5.75 Å². The van der Waals surface area contributed by atoms with Gasteiger partial charge in [0.15, 0.2) is 0 Å². The molecule has 7 heteroatoms. The number of nitrogens with zero attached hydrogens (tertiary/aromatic N) is 3. The number of anilines is 1. The summed E-state index contributed by atoms with van der Waals surface area (Å²) in [5.41, 5.74) is 2.29. The van der Waals surface area contributed by atoms with Crippen LogP contribution in [0.3, 0.4) is 0 Å². The standard InChI is InChI=1S/C20H22N4O3/c1-4-26-17-8-6-5-7-16(17)19-22-18(27-23-19)13-21-15-11-9-14(10-12-15)20(25)24(2)3/h5-12,21H,4,13H2,1-3H3. The Kier molecular flexibility index (Phi) is 5.71. The zero-order chi connectivity index (χ0) is 19.2. The minimum absolute atomic E-state index is 0.0314. The highest BCUT2D eigenvalue weighted by Crippen LogP contribution is 2.27. The molecule has 1 amide bonds. The highest BCUT2D eigenvalue weighted by molar-refractivity contribution is 5.94. The lowest BCUT2D eigenvalue weighted by molar-refractivity contribution is 0.0827. The lowest BCUT2D eigenvalue weighted by atomic mass is 10.2. The van der Waals surface area contributed by atoms with Crippen LogP contribution in [0, 0.1) is 0 Å². The van der Waals surface area contributed by atoms with Crippen molar-refractivity contribution in [1.82, 2.24) is 15.0 Å². The van der Waals surface area contributed by atoms with Gasteiger partial charge in [0.05, 0.1) is 18.7 Å². The Labute approximate surface area is 158 Å². The van der Waals surface area contributed by atoms with Crippen LogP contribution in [-0.4, -0.2) is 41.6 Å². The second-order valence-corrected chi connectivity index (χ2v) is 6.07. The maximum atomic E-state index is 11.9. The Morgan fingerprint density at radius 1 is 1.15 bits per heavy atom. The summed E-state index contributed by atoms with van der Waals surface area (Å²) < 4.78 is 10.9. The zero-order valence-corrected chi connectivity index (χ0v) is 15.6. The maximum absolute atomic E-state index is 11.9. The monoisotopic (exact) mass is 366 g/mol. The number of para-hydroxylation sites is 1. The van der Waals surface area contributed by atoms with Gasteiger partial charge in [-0.2, -0.15) is 4.98 Å². The fraction of sp³-hybridized carbons (Fsp3) is 0.250. The molecule has 2 aromatic carbocycles. The van der Waals surface area contributed by atoms with E-state index in [2.05, 4.69) is 15.5 Å². The topological polar surface area (TPSA) is 80.5 Å². The van der Waals surface area contributed by atoms with E-state index in [1.54, 1.807) is 31.1 Å². The average molecular weight is 366 g/mol. The lowest BCUT2D eigenvalue weighted by Crippen LogP contribution is -2.21. The van der Waals surface area contributed by atoms with Gasteiger partial charge in [-0.3, -0.25) is 4.79 Å². The zero-order valence-electron chi connectivity index (χ0n) is 15.6. The van der Waals surface area contributed by atoms with Gasteiger partial charge in [0, 0.05) is 25.3 Å². The number of hydrogen-bond donors (Lipinski definition) is 1. The summed E-state index contributed by atoms with van der Waals surface area (Å²) in [5, 5.41) is 7.25. The molecule has 140 valence electrons. The molecule has 0 atom stereocenters. The molecule has 27 heavy (non-hydrogen) atoms. The summed E-state index contributed by atoms with van der Waals surface area (Å²) in [5.74, 6) is 1.64. The van der Waals surface area contributed by atoms with Crippen LogP contribution in [0.1, 0.15) is 23.2 Å². The summed E-state index contributed by atoms with van der Waals surface area (Å²) in [7, 11) is 3.46. The van der Waals surface area contributed by atoms with E-state index in [4.69, 9.17) is 9.26 Å². The van der Waals surface area contributed by atoms with Crippen molar-refractivity contribution in [3.05, 3.63) is 60.0 Å². The SMILES string of the molecule is CCOc1ccccc1-c1noc(CNc2ccc(C(=O)N(C)C)cc2)n1. The molecule has 0 saturated heterocycles. The van der Waals surface area contributed by atoms with Crippen molar-refractivity contribution in [2.45, 2.75) is 13.5 Å². The van der Waals surface area contributed by atoms with Gasteiger partial charge in [-0.15, -0.1) is 0 Å². The van der Waals surface area contributed by atoms with Crippen LogP contribution in [-0.2, 0) is 6.54 Å². The molecule has 0 aliphatic heterocycles. The van der Waals surface area contributed by atoms with Crippen LogP contribution in [0.2, 0.25) is 0 Å². The molecule has 7 nitrogen and oxygen atoms in total. The number of carbonyl (C=O) groups is 1. The van der Waals surface area contributed by atoms with Crippen molar-refractivity contribution < 1.29 is 14.1 Å². The van der Waals surface area contributed by atoms with Crippen LogP contribution in [0.15, 0.2) is 53.1 Å². The van der Waals surface area contributed by atoms with Gasteiger partial charge in [-0.25, -0.2) is 0 Å². The van der Waals surface area contributed by atoms with Crippen molar-refractivity contribution in [3.63, 3.8) is 0 Å². The van der Waals surface area contributed by atoms with Gasteiger partial charge in [-0.05, 0) is 43.3 Å². The summed E-state index contributed by atoms with van der Waals surface area (Å²) in [6.45, 7) is 2.88. The molecule has 0 saturated carbocycles. The van der Waals surface area contributed by atoms with Crippen molar-refractivity contribution in [2.75, 3.05) is 26.0 Å². The van der Waals surface area contributed by atoms with Gasteiger partial charge >= 0.3 is 0 Å². The summed E-state index contributed by atoms with van der Waals surface area (Å²) >= 11 is 0. The number of nitrogens with one attached hydrogen (secondary N) is 1. The predicted octanol–water partition coefficient (Wildman–Crippen LogP) is 3.45. The highest BCUT2D eigenvalue weighted by Gasteiger charge is 2.13. The van der Waals surface area contributed by atoms with Gasteiger partial charge < -0.3 is 19.5 Å². The van der Waals surface area contributed by atoms with Crippen molar-refractivity contribution in [2.24, 2.45) is 0 Å². The number of hydrogen-bond acceptors (Lipinski definition) is 6. The Morgan fingerprint density at radius 3 is 2.59 bits per heavy atom. The van der Waals surface area contributed by atoms with Crippen LogP contribution in [0.25, 0.3) is 11.4 Å². The third kappa shape index (κ3) is 4.44. The van der Waals surface area contributed by atoms with Crippen LogP contribution in [0.5, 0.6) is 5.75 Å². The average Bonchev–Trinajstić information content (AvgIpc) is 3.16. The molecule has 0 spiro atoms. The molecule has 1 aromatic heterocycles. The van der Waals surface area contributed by atoms with Crippen LogP contribution < -0.4 is 10.1 Å². The van der Waals surface area contributed by atoms with Gasteiger partial charge in [-0.1, -0.05) is 17.3 Å². The highest BCUT2D eigenvalue weighted by atomic mass is 16.5. The minimum Gasteiger partial charge on any atom is -0.493 e. The molecule has 0 aliphatic carbocycles. The third-order valence-electron chi connectivity index (χ3n) is 3.88. The molecule has 3 rings (SSSR count). The molecule has 3 aromatic rings. The van der Waals surface area contributed by atoms with E-state index in [0.29, 0.717) is 30.4 Å². The van der Waals surface area contributed by atoms with Crippen LogP contribution in [0.4, 0.5) is 5.69 Å². The van der Waals surface area contributed by atoms with E-state index < -0.39 is 0 Å². The second kappa shape index (κ2) is 8.35. The molecule has 0 unspecified atom stereocenters. The second-order valence-electron chi connectivity index (χ2n) is 6.07. The Morgan fingerprint density at radius 2 is 1.89 bits per heavy atom. The van der Waals surface area contributed by atoms with E-state index in [1.807, 2.05) is 43.3 Å². The molecule has 0 fully saturated rings. The first-order chi connectivity index (χ1) is 13.1. The van der Waals surface area contributed by atoms with Gasteiger partial charge in [0.2, 0.25) is 11.7 Å². The number of ether oxygens (including phenoxy) is 1. The van der Waals surface area contributed by atoms with E-state index in [0.717, 1.165) is 17.0 Å². The number of aromatic nitrogens is 2. The normalized spacial score (nSPS) is 10.5. The number of amides is 1. The number of carbonyl (C=O) groups excluding carboxylic acids is 1. The van der Waals surface area contributed by atoms with E-state index in [1.165, 1.54) is 0 Å². The first-order valence-electron chi connectivity index (χ1n) is 8.69. The molecule has 1 N–H and O–H groups in total. The van der Waals surface area contributed by atoms with E-state index >= 15 is 0 Å². The van der Waals surface area contributed by atoms with E-state index in [9.17, 15) is 4.79 Å². The summed E-state index contributed by atoms with van der Waals surface area (Å²) in [6.07, 6.45) is 0. The summed E-state index contributed by atoms with van der Waals surface area (Å²) in [6, 6.07) is 14.8.